The van der Waals surface area contributed by atoms with Crippen LogP contribution in [0.1, 0.15) is 44.9 Å². The number of nitrogens with one attached hydrogen (secondary N) is 2. The topological polar surface area (TPSA) is 75.3 Å². The summed E-state index contributed by atoms with van der Waals surface area (Å²) in [5.74, 6) is 0.380. The fraction of sp³-hybridized carbons (Fsp3) is 0.350. The van der Waals surface area contributed by atoms with Crippen LogP contribution in [-0.2, 0) is 21.2 Å². The Hall–Kier alpha value is -2.18. The molecular formula is C20H26N2O3S. The lowest BCUT2D eigenvalue weighted by atomic mass is 10.0. The third-order valence-corrected chi connectivity index (χ3v) is 5.50. The van der Waals surface area contributed by atoms with Crippen LogP contribution < -0.4 is 10.0 Å². The van der Waals surface area contributed by atoms with Crippen LogP contribution in [0.25, 0.3) is 0 Å². The number of anilines is 1. The predicted octanol–water partition coefficient (Wildman–Crippen LogP) is 3.88. The molecule has 0 heterocycles. The summed E-state index contributed by atoms with van der Waals surface area (Å²) in [5.41, 5.74) is 2.72. The molecule has 140 valence electrons. The number of rotatable bonds is 7. The summed E-state index contributed by atoms with van der Waals surface area (Å²) in [6.07, 6.45) is 1.00. The molecule has 0 aliphatic carbocycles. The van der Waals surface area contributed by atoms with Crippen LogP contribution in [0.5, 0.6) is 0 Å². The molecule has 2 aromatic carbocycles. The van der Waals surface area contributed by atoms with Gasteiger partial charge < -0.3 is 5.32 Å². The minimum Gasteiger partial charge on any atom is -0.326 e. The maximum absolute atomic E-state index is 12.6. The first-order valence-electron chi connectivity index (χ1n) is 8.66. The normalized spacial score (nSPS) is 12.8. The molecule has 26 heavy (non-hydrogen) atoms. The lowest BCUT2D eigenvalue weighted by Crippen LogP contribution is -2.26. The molecule has 0 saturated carbocycles. The molecule has 0 radical (unpaired) electrons. The summed E-state index contributed by atoms with van der Waals surface area (Å²) >= 11 is 0. The molecule has 2 aromatic rings. The fourth-order valence-electron chi connectivity index (χ4n) is 2.70. The Morgan fingerprint density at radius 3 is 2.04 bits per heavy atom. The molecule has 0 aliphatic heterocycles. The number of hydrogen-bond acceptors (Lipinski definition) is 3. The number of sulfonamides is 1. The Kier molecular flexibility index (Phi) is 6.56. The fourth-order valence-corrected chi connectivity index (χ4v) is 3.94. The first kappa shape index (κ1) is 20.1. The Labute approximate surface area is 155 Å². The van der Waals surface area contributed by atoms with E-state index in [9.17, 15) is 13.2 Å². The second kappa shape index (κ2) is 8.47. The smallest absolute Gasteiger partial charge is 0.241 e. The number of hydrogen-bond donors (Lipinski definition) is 2. The van der Waals surface area contributed by atoms with E-state index in [1.165, 1.54) is 24.6 Å². The SMILES string of the molecule is CC(=O)Nc1ccc(S(=O)(=O)N[C@H](C)c2ccc(CC(C)C)cc2)cc1. The van der Waals surface area contributed by atoms with Gasteiger partial charge >= 0.3 is 0 Å². The highest BCUT2D eigenvalue weighted by Crippen LogP contribution is 2.20. The third-order valence-electron chi connectivity index (χ3n) is 3.94. The van der Waals surface area contributed by atoms with Gasteiger partial charge in [-0.25, -0.2) is 13.1 Å². The highest BCUT2D eigenvalue weighted by molar-refractivity contribution is 7.89. The molecule has 0 spiro atoms. The van der Waals surface area contributed by atoms with Gasteiger partial charge in [-0.3, -0.25) is 4.79 Å². The van der Waals surface area contributed by atoms with E-state index < -0.39 is 10.0 Å². The van der Waals surface area contributed by atoms with Crippen molar-refractivity contribution in [1.82, 2.24) is 4.72 Å². The van der Waals surface area contributed by atoms with Gasteiger partial charge in [0.2, 0.25) is 15.9 Å². The van der Waals surface area contributed by atoms with Gasteiger partial charge in [-0.2, -0.15) is 0 Å². The van der Waals surface area contributed by atoms with Crippen LogP contribution in [0.2, 0.25) is 0 Å². The molecular weight excluding hydrogens is 348 g/mol. The molecule has 2 N–H and O–H groups in total. The molecule has 0 unspecified atom stereocenters. The van der Waals surface area contributed by atoms with Crippen molar-refractivity contribution in [3.63, 3.8) is 0 Å². The molecule has 0 bridgehead atoms. The molecule has 0 aromatic heterocycles. The zero-order chi connectivity index (χ0) is 19.3. The van der Waals surface area contributed by atoms with Crippen LogP contribution in [0.3, 0.4) is 0 Å². The molecule has 2 rings (SSSR count). The first-order chi connectivity index (χ1) is 12.2. The lowest BCUT2D eigenvalue weighted by Gasteiger charge is -2.16. The molecule has 6 heteroatoms. The van der Waals surface area contributed by atoms with Crippen molar-refractivity contribution >= 4 is 21.6 Å². The monoisotopic (exact) mass is 374 g/mol. The van der Waals surface area contributed by atoms with E-state index in [-0.39, 0.29) is 16.8 Å². The molecule has 0 aliphatic rings. The van der Waals surface area contributed by atoms with Gasteiger partial charge in [-0.15, -0.1) is 0 Å². The molecule has 5 nitrogen and oxygen atoms in total. The summed E-state index contributed by atoms with van der Waals surface area (Å²) < 4.78 is 27.8. The summed E-state index contributed by atoms with van der Waals surface area (Å²) in [6.45, 7) is 7.56. The van der Waals surface area contributed by atoms with E-state index in [0.717, 1.165) is 12.0 Å². The Morgan fingerprint density at radius 2 is 1.54 bits per heavy atom. The molecule has 0 saturated heterocycles. The minimum absolute atomic E-state index is 0.162. The van der Waals surface area contributed by atoms with Crippen molar-refractivity contribution in [3.05, 3.63) is 59.7 Å². The van der Waals surface area contributed by atoms with E-state index in [2.05, 4.69) is 23.9 Å². The van der Waals surface area contributed by atoms with Crippen molar-refractivity contribution in [3.8, 4) is 0 Å². The van der Waals surface area contributed by atoms with E-state index >= 15 is 0 Å². The van der Waals surface area contributed by atoms with E-state index in [4.69, 9.17) is 0 Å². The number of carbonyl (C=O) groups is 1. The summed E-state index contributed by atoms with van der Waals surface area (Å²) in [6, 6.07) is 13.8. The van der Waals surface area contributed by atoms with Crippen LogP contribution >= 0.6 is 0 Å². The predicted molar refractivity (Wildman–Crippen MR) is 104 cm³/mol. The zero-order valence-electron chi connectivity index (χ0n) is 15.6. The minimum atomic E-state index is -3.64. The van der Waals surface area contributed by atoms with Crippen molar-refractivity contribution in [2.75, 3.05) is 5.32 Å². The maximum Gasteiger partial charge on any atom is 0.241 e. The summed E-state index contributed by atoms with van der Waals surface area (Å²) in [7, 11) is -3.64. The van der Waals surface area contributed by atoms with Gasteiger partial charge in [-0.05, 0) is 54.7 Å². The van der Waals surface area contributed by atoms with Gasteiger partial charge in [0.15, 0.2) is 0 Å². The Morgan fingerprint density at radius 1 is 0.962 bits per heavy atom. The third kappa shape index (κ3) is 5.68. The van der Waals surface area contributed by atoms with Crippen LogP contribution in [-0.4, -0.2) is 14.3 Å². The summed E-state index contributed by atoms with van der Waals surface area (Å²) in [5, 5.41) is 2.61. The van der Waals surface area contributed by atoms with Crippen molar-refractivity contribution in [2.45, 2.75) is 45.1 Å². The van der Waals surface area contributed by atoms with E-state index in [1.807, 2.05) is 31.2 Å². The van der Waals surface area contributed by atoms with Crippen molar-refractivity contribution in [1.29, 1.82) is 0 Å². The second-order valence-corrected chi connectivity index (χ2v) is 8.60. The highest BCUT2D eigenvalue weighted by atomic mass is 32.2. The Bertz CT molecular complexity index is 842. The van der Waals surface area contributed by atoms with Crippen LogP contribution in [0.15, 0.2) is 53.4 Å². The van der Waals surface area contributed by atoms with E-state index in [0.29, 0.717) is 11.6 Å². The lowest BCUT2D eigenvalue weighted by molar-refractivity contribution is -0.114. The molecule has 1 atom stereocenters. The second-order valence-electron chi connectivity index (χ2n) is 6.89. The van der Waals surface area contributed by atoms with Gasteiger partial charge in [0.25, 0.3) is 0 Å². The van der Waals surface area contributed by atoms with E-state index in [1.54, 1.807) is 12.1 Å². The zero-order valence-corrected chi connectivity index (χ0v) is 16.4. The van der Waals surface area contributed by atoms with Gasteiger partial charge in [0, 0.05) is 18.7 Å². The highest BCUT2D eigenvalue weighted by Gasteiger charge is 2.18. The average molecular weight is 375 g/mol. The molecule has 1 amide bonds. The number of benzene rings is 2. The van der Waals surface area contributed by atoms with Crippen LogP contribution in [0, 0.1) is 5.92 Å². The number of amides is 1. The van der Waals surface area contributed by atoms with Gasteiger partial charge in [0.05, 0.1) is 4.90 Å². The molecule has 0 fully saturated rings. The standard InChI is InChI=1S/C20H26N2O3S/c1-14(2)13-17-5-7-18(8-6-17)15(3)22-26(24,25)20-11-9-19(10-12-20)21-16(4)23/h5-12,14-15,22H,13H2,1-4H3,(H,21,23)/t15-/m1/s1. The Balaban J connectivity index is 2.09. The first-order valence-corrected chi connectivity index (χ1v) is 10.1. The van der Waals surface area contributed by atoms with Gasteiger partial charge in [-0.1, -0.05) is 38.1 Å². The average Bonchev–Trinajstić information content (AvgIpc) is 2.54. The van der Waals surface area contributed by atoms with Crippen molar-refractivity contribution in [2.24, 2.45) is 5.92 Å². The maximum atomic E-state index is 12.6. The summed E-state index contributed by atoms with van der Waals surface area (Å²) in [4.78, 5) is 11.2. The van der Waals surface area contributed by atoms with Crippen molar-refractivity contribution < 1.29 is 13.2 Å². The van der Waals surface area contributed by atoms with Crippen LogP contribution in [0.4, 0.5) is 5.69 Å². The number of carbonyl (C=O) groups excluding carboxylic acids is 1. The van der Waals surface area contributed by atoms with Gasteiger partial charge in [0.1, 0.15) is 0 Å². The quantitative estimate of drug-likeness (QED) is 0.772. The largest absolute Gasteiger partial charge is 0.326 e.